The molecule has 9 heteroatoms. The van der Waals surface area contributed by atoms with Gasteiger partial charge in [0.2, 0.25) is 11.8 Å². The average molecular weight is 540 g/mol. The van der Waals surface area contributed by atoms with Crippen LogP contribution in [0, 0.1) is 12.7 Å². The summed E-state index contributed by atoms with van der Waals surface area (Å²) in [4.78, 5) is 28.3. The van der Waals surface area contributed by atoms with E-state index in [1.807, 2.05) is 38.1 Å². The number of anilines is 1. The van der Waals surface area contributed by atoms with Crippen molar-refractivity contribution in [3.8, 4) is 0 Å². The Hall–Kier alpha value is -3.72. The second-order valence-corrected chi connectivity index (χ2v) is 10.9. The number of carbonyl (C=O) groups excluding carboxylic acids is 2. The molecule has 0 aliphatic carbocycles. The van der Waals surface area contributed by atoms with Crippen LogP contribution in [0.5, 0.6) is 0 Å². The number of nitrogens with zero attached hydrogens (tertiary/aromatic N) is 2. The van der Waals surface area contributed by atoms with Crippen molar-refractivity contribution < 1.29 is 22.4 Å². The van der Waals surface area contributed by atoms with Crippen LogP contribution in [0.4, 0.5) is 10.1 Å². The van der Waals surface area contributed by atoms with Gasteiger partial charge >= 0.3 is 0 Å². The standard InChI is InChI=1S/C29H34FN3O4S/c1-4-18-31-29(35)26(5-2)32(20-23-13-11-12-22(3)19-23)28(34)21-33(27-17-10-9-16-25(27)30)38(36,37)24-14-7-6-8-15-24/h6-17,19,26H,4-5,18,20-21H2,1-3H3,(H,31,35)/t26-/m0/s1. The maximum absolute atomic E-state index is 14.9. The summed E-state index contributed by atoms with van der Waals surface area (Å²) in [7, 11) is -4.31. The van der Waals surface area contributed by atoms with E-state index in [0.717, 1.165) is 27.9 Å². The van der Waals surface area contributed by atoms with Gasteiger partial charge in [-0.05, 0) is 49.6 Å². The molecule has 3 rings (SSSR count). The monoisotopic (exact) mass is 539 g/mol. The van der Waals surface area contributed by atoms with E-state index in [-0.39, 0.29) is 23.0 Å². The van der Waals surface area contributed by atoms with Gasteiger partial charge in [0.1, 0.15) is 18.4 Å². The topological polar surface area (TPSA) is 86.8 Å². The molecular formula is C29H34FN3O4S. The fourth-order valence-corrected chi connectivity index (χ4v) is 5.62. The van der Waals surface area contributed by atoms with Crippen LogP contribution in [0.15, 0.2) is 83.8 Å². The van der Waals surface area contributed by atoms with Gasteiger partial charge in [-0.3, -0.25) is 13.9 Å². The quantitative estimate of drug-likeness (QED) is 0.363. The number of carbonyl (C=O) groups is 2. The summed E-state index contributed by atoms with van der Waals surface area (Å²) in [6.07, 6.45) is 1.04. The van der Waals surface area contributed by atoms with Crippen LogP contribution in [0.1, 0.15) is 37.8 Å². The number of aryl methyl sites for hydroxylation is 1. The lowest BCUT2D eigenvalue weighted by Gasteiger charge is -2.33. The van der Waals surface area contributed by atoms with Gasteiger partial charge in [0.15, 0.2) is 0 Å². The van der Waals surface area contributed by atoms with E-state index in [0.29, 0.717) is 13.0 Å². The Morgan fingerprint density at radius 2 is 1.63 bits per heavy atom. The molecule has 0 aliphatic heterocycles. The molecule has 0 heterocycles. The molecule has 0 aliphatic rings. The minimum atomic E-state index is -4.31. The van der Waals surface area contributed by atoms with Crippen LogP contribution < -0.4 is 9.62 Å². The summed E-state index contributed by atoms with van der Waals surface area (Å²) in [5.41, 5.74) is 1.53. The lowest BCUT2D eigenvalue weighted by Crippen LogP contribution is -2.52. The Balaban J connectivity index is 2.05. The summed E-state index contributed by atoms with van der Waals surface area (Å²) >= 11 is 0. The predicted octanol–water partition coefficient (Wildman–Crippen LogP) is 4.66. The Bertz CT molecular complexity index is 1350. The summed E-state index contributed by atoms with van der Waals surface area (Å²) in [6, 6.07) is 19.7. The fraction of sp³-hybridized carbons (Fsp3) is 0.310. The van der Waals surface area contributed by atoms with Crippen LogP contribution in [-0.2, 0) is 26.2 Å². The van der Waals surface area contributed by atoms with Crippen LogP contribution >= 0.6 is 0 Å². The zero-order valence-corrected chi connectivity index (χ0v) is 22.7. The smallest absolute Gasteiger partial charge is 0.264 e. The maximum atomic E-state index is 14.9. The highest BCUT2D eigenvalue weighted by Crippen LogP contribution is 2.27. The first-order valence-corrected chi connectivity index (χ1v) is 14.1. The molecule has 1 atom stereocenters. The first-order chi connectivity index (χ1) is 18.2. The van der Waals surface area contributed by atoms with Crippen molar-refractivity contribution in [2.75, 3.05) is 17.4 Å². The molecule has 0 aromatic heterocycles. The number of hydrogen-bond acceptors (Lipinski definition) is 4. The second-order valence-electron chi connectivity index (χ2n) is 9.00. The van der Waals surface area contributed by atoms with Crippen molar-refractivity contribution in [2.24, 2.45) is 0 Å². The van der Waals surface area contributed by atoms with Crippen molar-refractivity contribution in [1.29, 1.82) is 0 Å². The van der Waals surface area contributed by atoms with Gasteiger partial charge in [-0.2, -0.15) is 0 Å². The van der Waals surface area contributed by atoms with E-state index in [1.165, 1.54) is 35.2 Å². The molecule has 0 radical (unpaired) electrons. The molecule has 2 amide bonds. The van der Waals surface area contributed by atoms with E-state index in [9.17, 15) is 22.4 Å². The average Bonchev–Trinajstić information content (AvgIpc) is 2.91. The van der Waals surface area contributed by atoms with Crippen molar-refractivity contribution >= 4 is 27.5 Å². The van der Waals surface area contributed by atoms with Crippen LogP contribution in [-0.4, -0.2) is 44.3 Å². The zero-order chi connectivity index (χ0) is 27.7. The van der Waals surface area contributed by atoms with E-state index < -0.39 is 34.3 Å². The molecule has 3 aromatic carbocycles. The van der Waals surface area contributed by atoms with Gasteiger partial charge in [-0.15, -0.1) is 0 Å². The normalized spacial score (nSPS) is 12.0. The Labute approximate surface area is 224 Å². The summed E-state index contributed by atoms with van der Waals surface area (Å²) in [6.45, 7) is 5.51. The third-order valence-corrected chi connectivity index (χ3v) is 7.88. The van der Waals surface area contributed by atoms with Crippen molar-refractivity contribution in [2.45, 2.75) is 51.1 Å². The molecule has 3 aromatic rings. The Morgan fingerprint density at radius 3 is 2.26 bits per heavy atom. The molecular weight excluding hydrogens is 505 g/mol. The number of sulfonamides is 1. The molecule has 7 nitrogen and oxygen atoms in total. The SMILES string of the molecule is CCCNC(=O)[C@H](CC)N(Cc1cccc(C)c1)C(=O)CN(c1ccccc1F)S(=O)(=O)c1ccccc1. The number of amides is 2. The molecule has 202 valence electrons. The molecule has 0 fully saturated rings. The molecule has 0 unspecified atom stereocenters. The summed E-state index contributed by atoms with van der Waals surface area (Å²) in [5.74, 6) is -1.72. The Kier molecular flexibility index (Phi) is 10.0. The van der Waals surface area contributed by atoms with Gasteiger partial charge < -0.3 is 10.2 Å². The summed E-state index contributed by atoms with van der Waals surface area (Å²) in [5, 5.41) is 2.84. The van der Waals surface area contributed by atoms with E-state index in [1.54, 1.807) is 25.1 Å². The lowest BCUT2D eigenvalue weighted by atomic mass is 10.1. The van der Waals surface area contributed by atoms with Crippen LogP contribution in [0.3, 0.4) is 0 Å². The molecule has 1 N–H and O–H groups in total. The lowest BCUT2D eigenvalue weighted by molar-refractivity contribution is -0.140. The third-order valence-electron chi connectivity index (χ3n) is 6.10. The summed E-state index contributed by atoms with van der Waals surface area (Å²) < 4.78 is 43.0. The molecule has 38 heavy (non-hydrogen) atoms. The van der Waals surface area contributed by atoms with E-state index in [2.05, 4.69) is 5.32 Å². The molecule has 0 spiro atoms. The minimum Gasteiger partial charge on any atom is -0.354 e. The third kappa shape index (κ3) is 6.98. The van der Waals surface area contributed by atoms with E-state index in [4.69, 9.17) is 0 Å². The number of para-hydroxylation sites is 1. The largest absolute Gasteiger partial charge is 0.354 e. The second kappa shape index (κ2) is 13.2. The Morgan fingerprint density at radius 1 is 0.947 bits per heavy atom. The first kappa shape index (κ1) is 28.8. The highest BCUT2D eigenvalue weighted by molar-refractivity contribution is 7.92. The van der Waals surface area contributed by atoms with Crippen LogP contribution in [0.2, 0.25) is 0 Å². The number of halogens is 1. The van der Waals surface area contributed by atoms with Gasteiger partial charge in [0.25, 0.3) is 10.0 Å². The van der Waals surface area contributed by atoms with Crippen molar-refractivity contribution in [3.05, 3.63) is 95.8 Å². The maximum Gasteiger partial charge on any atom is 0.264 e. The molecule has 0 bridgehead atoms. The highest BCUT2D eigenvalue weighted by Gasteiger charge is 2.34. The van der Waals surface area contributed by atoms with E-state index >= 15 is 0 Å². The number of rotatable bonds is 12. The van der Waals surface area contributed by atoms with Crippen molar-refractivity contribution in [1.82, 2.24) is 10.2 Å². The number of benzene rings is 3. The zero-order valence-electron chi connectivity index (χ0n) is 21.9. The molecule has 0 saturated carbocycles. The van der Waals surface area contributed by atoms with Gasteiger partial charge in [0.05, 0.1) is 10.6 Å². The van der Waals surface area contributed by atoms with Gasteiger partial charge in [-0.25, -0.2) is 12.8 Å². The highest BCUT2D eigenvalue weighted by atomic mass is 32.2. The van der Waals surface area contributed by atoms with Gasteiger partial charge in [-0.1, -0.05) is 74.0 Å². The van der Waals surface area contributed by atoms with Crippen molar-refractivity contribution in [3.63, 3.8) is 0 Å². The van der Waals surface area contributed by atoms with Crippen LogP contribution in [0.25, 0.3) is 0 Å². The number of hydrogen-bond donors (Lipinski definition) is 1. The predicted molar refractivity (Wildman–Crippen MR) is 146 cm³/mol. The molecule has 0 saturated heterocycles. The first-order valence-electron chi connectivity index (χ1n) is 12.6. The number of nitrogens with one attached hydrogen (secondary N) is 1. The fourth-order valence-electron chi connectivity index (χ4n) is 4.18. The van der Waals surface area contributed by atoms with Gasteiger partial charge in [0, 0.05) is 13.1 Å². The minimum absolute atomic E-state index is 0.0750.